The van der Waals surface area contributed by atoms with E-state index in [1.54, 1.807) is 25.3 Å². The fourth-order valence-corrected chi connectivity index (χ4v) is 5.87. The van der Waals surface area contributed by atoms with Gasteiger partial charge in [-0.25, -0.2) is 0 Å². The summed E-state index contributed by atoms with van der Waals surface area (Å²) in [6.45, 7) is 2.68. The Morgan fingerprint density at radius 1 is 1.08 bits per heavy atom. The first kappa shape index (κ1) is 27.2. The van der Waals surface area contributed by atoms with Crippen LogP contribution in [0.4, 0.5) is 0 Å². The number of fused-ring (bicyclic) bond motifs is 1. The molecule has 0 spiro atoms. The molecule has 198 valence electrons. The molecule has 0 saturated heterocycles. The van der Waals surface area contributed by atoms with Crippen LogP contribution in [-0.2, 0) is 4.79 Å². The molecule has 0 aromatic heterocycles. The first-order valence-electron chi connectivity index (χ1n) is 11.8. The minimum absolute atomic E-state index is 0.0674. The highest BCUT2D eigenvalue weighted by molar-refractivity contribution is 14.1. The second kappa shape index (κ2) is 11.8. The minimum Gasteiger partial charge on any atom is -0.493 e. The fourth-order valence-electron chi connectivity index (χ4n) is 3.88. The molecule has 2 aliphatic rings. The number of amidine groups is 2. The number of benzene rings is 3. The van der Waals surface area contributed by atoms with E-state index in [1.807, 2.05) is 55.5 Å². The normalized spacial score (nSPS) is 15.7. The number of para-hydroxylation sites is 1. The molecule has 0 aliphatic carbocycles. The highest BCUT2D eigenvalue weighted by Crippen LogP contribution is 2.36. The maximum absolute atomic E-state index is 12.9. The summed E-state index contributed by atoms with van der Waals surface area (Å²) in [5.41, 5.74) is 2.54. The van der Waals surface area contributed by atoms with Crippen molar-refractivity contribution in [1.82, 2.24) is 5.01 Å². The number of halogens is 2. The molecule has 5 rings (SSSR count). The molecule has 1 N–H and O–H groups in total. The predicted octanol–water partition coefficient (Wildman–Crippen LogP) is 6.39. The number of rotatable bonds is 8. The third kappa shape index (κ3) is 5.82. The Hall–Kier alpha value is -3.35. The molecule has 2 heterocycles. The van der Waals surface area contributed by atoms with E-state index in [0.717, 1.165) is 14.9 Å². The van der Waals surface area contributed by atoms with Gasteiger partial charge in [0.15, 0.2) is 17.3 Å². The van der Waals surface area contributed by atoms with Gasteiger partial charge in [0.25, 0.3) is 5.91 Å². The number of hydrogen-bond acceptors (Lipinski definition) is 7. The summed E-state index contributed by atoms with van der Waals surface area (Å²) in [5, 5.41) is 16.0. The van der Waals surface area contributed by atoms with Gasteiger partial charge in [0.1, 0.15) is 24.0 Å². The molecule has 0 atom stereocenters. The lowest BCUT2D eigenvalue weighted by atomic mass is 10.1. The van der Waals surface area contributed by atoms with Crippen LogP contribution in [0.1, 0.15) is 16.7 Å². The highest BCUT2D eigenvalue weighted by Gasteiger charge is 2.36. The van der Waals surface area contributed by atoms with Gasteiger partial charge in [0.2, 0.25) is 5.17 Å². The van der Waals surface area contributed by atoms with Crippen LogP contribution in [0, 0.1) is 15.9 Å². The summed E-state index contributed by atoms with van der Waals surface area (Å²) in [6, 6.07) is 18.7. The molecule has 3 aromatic carbocycles. The van der Waals surface area contributed by atoms with Gasteiger partial charge in [-0.05, 0) is 82.7 Å². The van der Waals surface area contributed by atoms with E-state index in [1.165, 1.54) is 16.8 Å². The van der Waals surface area contributed by atoms with Crippen molar-refractivity contribution >= 4 is 74.0 Å². The predicted molar refractivity (Wildman–Crippen MR) is 163 cm³/mol. The van der Waals surface area contributed by atoms with Crippen molar-refractivity contribution in [2.75, 3.05) is 20.3 Å². The van der Waals surface area contributed by atoms with Gasteiger partial charge in [0, 0.05) is 5.56 Å². The second-order valence-corrected chi connectivity index (χ2v) is 10.9. The van der Waals surface area contributed by atoms with Gasteiger partial charge < -0.3 is 14.2 Å². The van der Waals surface area contributed by atoms with Crippen LogP contribution >= 0.6 is 46.0 Å². The SMILES string of the molecule is COc1cc(/C=C2/C(=N)N3N=C(c4ccccc4Cl)SC3=NC2=O)cc(I)c1OCCOc1ccccc1C. The number of methoxy groups -OCH3 is 1. The van der Waals surface area contributed by atoms with E-state index in [-0.39, 0.29) is 11.4 Å². The van der Waals surface area contributed by atoms with Gasteiger partial charge in [-0.3, -0.25) is 10.2 Å². The Bertz CT molecular complexity index is 1570. The van der Waals surface area contributed by atoms with E-state index in [9.17, 15) is 4.79 Å². The number of thioether (sulfide) groups is 1. The van der Waals surface area contributed by atoms with Crippen molar-refractivity contribution in [2.45, 2.75) is 6.92 Å². The third-order valence-electron chi connectivity index (χ3n) is 5.80. The molecule has 0 unspecified atom stereocenters. The average Bonchev–Trinajstić information content (AvgIpc) is 3.34. The zero-order valence-electron chi connectivity index (χ0n) is 20.9. The summed E-state index contributed by atoms with van der Waals surface area (Å²) in [7, 11) is 1.55. The number of amides is 1. The number of hydrazone groups is 1. The van der Waals surface area contributed by atoms with E-state index in [0.29, 0.717) is 51.1 Å². The molecular weight excluding hydrogens is 651 g/mol. The van der Waals surface area contributed by atoms with Crippen LogP contribution in [-0.4, -0.2) is 47.3 Å². The monoisotopic (exact) mass is 672 g/mol. The average molecular weight is 673 g/mol. The molecule has 0 fully saturated rings. The Labute approximate surface area is 248 Å². The third-order valence-corrected chi connectivity index (χ3v) is 7.88. The Kier molecular flexibility index (Phi) is 8.24. The van der Waals surface area contributed by atoms with E-state index >= 15 is 0 Å². The lowest BCUT2D eigenvalue weighted by molar-refractivity contribution is -0.114. The molecule has 2 aliphatic heterocycles. The van der Waals surface area contributed by atoms with Crippen LogP contribution < -0.4 is 14.2 Å². The smallest absolute Gasteiger partial charge is 0.283 e. The molecule has 1 amide bonds. The van der Waals surface area contributed by atoms with Gasteiger partial charge in [-0.1, -0.05) is 48.0 Å². The van der Waals surface area contributed by atoms with Crippen molar-refractivity contribution in [3.8, 4) is 17.2 Å². The number of ether oxygens (including phenoxy) is 3. The molecule has 0 saturated carbocycles. The number of nitrogens with one attached hydrogen (secondary N) is 1. The van der Waals surface area contributed by atoms with Gasteiger partial charge >= 0.3 is 0 Å². The first-order chi connectivity index (χ1) is 18.9. The van der Waals surface area contributed by atoms with Crippen LogP contribution in [0.15, 0.2) is 76.3 Å². The zero-order chi connectivity index (χ0) is 27.5. The zero-order valence-corrected chi connectivity index (χ0v) is 24.6. The van der Waals surface area contributed by atoms with Gasteiger partial charge in [-0.15, -0.1) is 0 Å². The van der Waals surface area contributed by atoms with Crippen molar-refractivity contribution in [3.63, 3.8) is 0 Å². The van der Waals surface area contributed by atoms with E-state index in [4.69, 9.17) is 31.2 Å². The number of aliphatic imine (C=N–C) groups is 1. The standard InChI is InChI=1S/C28H22ClIN4O4S/c1-16-7-3-6-10-22(16)37-11-12-38-24-21(30)14-17(15-23(24)36-2)13-19-25(31)34-28(32-26(19)35)39-27(33-34)18-8-4-5-9-20(18)29/h3-10,13-15,31H,11-12H2,1-2H3/b19-13-,31-25?. The lowest BCUT2D eigenvalue weighted by Gasteiger charge is -2.20. The van der Waals surface area contributed by atoms with Crippen molar-refractivity contribution < 1.29 is 19.0 Å². The summed E-state index contributed by atoms with van der Waals surface area (Å²) in [4.78, 5) is 17.1. The van der Waals surface area contributed by atoms with Crippen LogP contribution in [0.5, 0.6) is 17.2 Å². The Balaban J connectivity index is 1.33. The molecule has 0 radical (unpaired) electrons. The fraction of sp³-hybridized carbons (Fsp3) is 0.143. The molecule has 39 heavy (non-hydrogen) atoms. The molecule has 11 heteroatoms. The number of hydrogen-bond donors (Lipinski definition) is 1. The Morgan fingerprint density at radius 3 is 2.59 bits per heavy atom. The number of carbonyl (C=O) groups excluding carboxylic acids is 1. The van der Waals surface area contributed by atoms with Crippen LogP contribution in [0.2, 0.25) is 5.02 Å². The van der Waals surface area contributed by atoms with Crippen molar-refractivity contribution in [2.24, 2.45) is 10.1 Å². The van der Waals surface area contributed by atoms with Crippen LogP contribution in [0.25, 0.3) is 6.08 Å². The number of aryl methyl sites for hydroxylation is 1. The highest BCUT2D eigenvalue weighted by atomic mass is 127. The molecule has 3 aromatic rings. The summed E-state index contributed by atoms with van der Waals surface area (Å²) in [6.07, 6.45) is 1.61. The van der Waals surface area contributed by atoms with Crippen molar-refractivity contribution in [3.05, 3.63) is 91.5 Å². The maximum atomic E-state index is 12.9. The topological polar surface area (TPSA) is 96.6 Å². The number of carbonyl (C=O) groups is 1. The molecule has 8 nitrogen and oxygen atoms in total. The van der Waals surface area contributed by atoms with Crippen molar-refractivity contribution in [1.29, 1.82) is 5.41 Å². The van der Waals surface area contributed by atoms with Crippen LogP contribution in [0.3, 0.4) is 0 Å². The lowest BCUT2D eigenvalue weighted by Crippen LogP contribution is -2.35. The quantitative estimate of drug-likeness (QED) is 0.169. The summed E-state index contributed by atoms with van der Waals surface area (Å²) < 4.78 is 18.2. The molecule has 0 bridgehead atoms. The Morgan fingerprint density at radius 2 is 1.82 bits per heavy atom. The molecular formula is C28H22ClIN4O4S. The van der Waals surface area contributed by atoms with E-state index in [2.05, 4.69) is 32.7 Å². The minimum atomic E-state index is -0.517. The largest absolute Gasteiger partial charge is 0.493 e. The summed E-state index contributed by atoms with van der Waals surface area (Å²) in [5.74, 6) is 1.30. The number of nitrogens with zero attached hydrogens (tertiary/aromatic N) is 3. The van der Waals surface area contributed by atoms with E-state index < -0.39 is 5.91 Å². The first-order valence-corrected chi connectivity index (χ1v) is 14.1. The second-order valence-electron chi connectivity index (χ2n) is 8.40. The van der Waals surface area contributed by atoms with Gasteiger partial charge in [-0.2, -0.15) is 15.1 Å². The maximum Gasteiger partial charge on any atom is 0.283 e. The van der Waals surface area contributed by atoms with Gasteiger partial charge in [0.05, 0.1) is 21.3 Å². The summed E-state index contributed by atoms with van der Waals surface area (Å²) >= 11 is 9.68.